The molecule has 1 aliphatic heterocycles. The van der Waals surface area contributed by atoms with Gasteiger partial charge in [0.05, 0.1) is 4.88 Å². The molecular weight excluding hydrogens is 400 g/mol. The normalized spacial score (nSPS) is 18.7. The van der Waals surface area contributed by atoms with Crippen LogP contribution >= 0.6 is 11.3 Å². The molecule has 3 heterocycles. The summed E-state index contributed by atoms with van der Waals surface area (Å²) in [6, 6.07) is 13.1. The third-order valence-electron chi connectivity index (χ3n) is 4.85. The van der Waals surface area contributed by atoms with Crippen molar-refractivity contribution in [3.05, 3.63) is 53.4 Å². The van der Waals surface area contributed by atoms with Crippen LogP contribution < -0.4 is 20.9 Å². The number of carbonyl (C=O) groups is 2. The number of hydrogen-bond donors (Lipinski definition) is 3. The fourth-order valence-corrected chi connectivity index (χ4v) is 4.02. The van der Waals surface area contributed by atoms with E-state index >= 15 is 0 Å². The van der Waals surface area contributed by atoms with E-state index in [1.54, 1.807) is 22.1 Å². The zero-order valence-electron chi connectivity index (χ0n) is 17.0. The third kappa shape index (κ3) is 4.22. The van der Waals surface area contributed by atoms with E-state index in [-0.39, 0.29) is 17.9 Å². The lowest BCUT2D eigenvalue weighted by Crippen LogP contribution is -2.52. The molecule has 1 saturated heterocycles. The molecule has 0 aliphatic carbocycles. The molecule has 8 nitrogen and oxygen atoms in total. The van der Waals surface area contributed by atoms with Crippen molar-refractivity contribution in [2.75, 3.05) is 24.3 Å². The first-order valence-electron chi connectivity index (χ1n) is 9.68. The summed E-state index contributed by atoms with van der Waals surface area (Å²) < 4.78 is 1.62. The van der Waals surface area contributed by atoms with Crippen molar-refractivity contribution in [2.24, 2.45) is 0 Å². The summed E-state index contributed by atoms with van der Waals surface area (Å²) in [5, 5.41) is 15.8. The van der Waals surface area contributed by atoms with E-state index in [0.29, 0.717) is 17.8 Å². The summed E-state index contributed by atoms with van der Waals surface area (Å²) in [5.74, 6) is 0.203. The molecule has 1 aromatic carbocycles. The Labute approximate surface area is 178 Å². The zero-order chi connectivity index (χ0) is 21.3. The second-order valence-electron chi connectivity index (χ2n) is 7.48. The summed E-state index contributed by atoms with van der Waals surface area (Å²) in [7, 11) is 3.86. The number of rotatable bonds is 5. The van der Waals surface area contributed by atoms with Crippen molar-refractivity contribution >= 4 is 34.7 Å². The Balaban J connectivity index is 1.66. The number of thiophene rings is 1. The average Bonchev–Trinajstić information content (AvgIpc) is 3.37. The Hall–Kier alpha value is -3.17. The van der Waals surface area contributed by atoms with Crippen molar-refractivity contribution in [3.8, 4) is 10.6 Å². The van der Waals surface area contributed by atoms with Crippen LogP contribution in [0.4, 0.5) is 11.5 Å². The quantitative estimate of drug-likeness (QED) is 0.586. The summed E-state index contributed by atoms with van der Waals surface area (Å²) in [4.78, 5) is 28.0. The maximum Gasteiger partial charge on any atom is 0.256 e. The fraction of sp³-hybridized carbons (Fsp3) is 0.286. The number of benzene rings is 1. The molecular formula is C21H24N6O2S. The largest absolute Gasteiger partial charge is 0.378 e. The van der Waals surface area contributed by atoms with Gasteiger partial charge in [0.1, 0.15) is 11.5 Å². The number of carbonyl (C=O) groups excluding carboxylic acids is 2. The maximum atomic E-state index is 13.0. The molecule has 0 spiro atoms. The molecule has 4 rings (SSSR count). The van der Waals surface area contributed by atoms with E-state index in [1.165, 1.54) is 0 Å². The number of nitrogens with zero attached hydrogens (tertiary/aromatic N) is 3. The van der Waals surface area contributed by atoms with Gasteiger partial charge < -0.3 is 15.5 Å². The van der Waals surface area contributed by atoms with Gasteiger partial charge in [-0.1, -0.05) is 12.1 Å². The van der Waals surface area contributed by atoms with Crippen molar-refractivity contribution < 1.29 is 9.59 Å². The van der Waals surface area contributed by atoms with E-state index < -0.39 is 6.29 Å². The minimum absolute atomic E-state index is 0.00142. The monoisotopic (exact) mass is 424 g/mol. The number of aromatic nitrogens is 2. The van der Waals surface area contributed by atoms with E-state index in [4.69, 9.17) is 0 Å². The molecule has 0 radical (unpaired) electrons. The van der Waals surface area contributed by atoms with Crippen LogP contribution in [0.1, 0.15) is 30.0 Å². The molecule has 2 atom stereocenters. The SMILES string of the molecule is CC1CC(=O)NC(n2nc(-c3cccs3)cc2NC(=O)c2cccc(N(C)C)c2)N1. The number of nitrogens with one attached hydrogen (secondary N) is 3. The standard InChI is InChI=1S/C21H24N6O2S/c1-13-10-19(28)24-21(22-13)27-18(12-16(25-27)17-8-5-9-30-17)23-20(29)14-6-4-7-15(11-14)26(2)3/h4-9,11-13,21-22H,10H2,1-3H3,(H,23,29)(H,24,28). The van der Waals surface area contributed by atoms with Gasteiger partial charge in [0.15, 0.2) is 6.29 Å². The van der Waals surface area contributed by atoms with Crippen LogP contribution in [-0.4, -0.2) is 41.7 Å². The highest BCUT2D eigenvalue weighted by atomic mass is 32.1. The van der Waals surface area contributed by atoms with Gasteiger partial charge in [-0.25, -0.2) is 4.68 Å². The Morgan fingerprint density at radius 3 is 2.80 bits per heavy atom. The van der Waals surface area contributed by atoms with Crippen molar-refractivity contribution in [1.29, 1.82) is 0 Å². The van der Waals surface area contributed by atoms with E-state index in [2.05, 4.69) is 21.0 Å². The Morgan fingerprint density at radius 1 is 1.27 bits per heavy atom. The summed E-state index contributed by atoms with van der Waals surface area (Å²) >= 11 is 1.56. The summed E-state index contributed by atoms with van der Waals surface area (Å²) in [5.41, 5.74) is 2.21. The van der Waals surface area contributed by atoms with Gasteiger partial charge in [-0.15, -0.1) is 11.3 Å². The van der Waals surface area contributed by atoms with Crippen molar-refractivity contribution in [1.82, 2.24) is 20.4 Å². The molecule has 156 valence electrons. The molecule has 2 aromatic heterocycles. The highest BCUT2D eigenvalue weighted by molar-refractivity contribution is 7.13. The van der Waals surface area contributed by atoms with Gasteiger partial charge in [-0.05, 0) is 36.6 Å². The number of amides is 2. The third-order valence-corrected chi connectivity index (χ3v) is 5.74. The molecule has 3 N–H and O–H groups in total. The van der Waals surface area contributed by atoms with Gasteiger partial charge in [-0.3, -0.25) is 14.9 Å². The fourth-order valence-electron chi connectivity index (χ4n) is 3.33. The summed E-state index contributed by atoms with van der Waals surface area (Å²) in [6.45, 7) is 1.94. The van der Waals surface area contributed by atoms with Crippen LogP contribution in [0.25, 0.3) is 10.6 Å². The van der Waals surface area contributed by atoms with Crippen LogP contribution in [0.3, 0.4) is 0 Å². The lowest BCUT2D eigenvalue weighted by molar-refractivity contribution is -0.125. The van der Waals surface area contributed by atoms with Crippen molar-refractivity contribution in [2.45, 2.75) is 25.7 Å². The smallest absolute Gasteiger partial charge is 0.256 e. The summed E-state index contributed by atoms with van der Waals surface area (Å²) in [6.07, 6.45) is -0.146. The van der Waals surface area contributed by atoms with Gasteiger partial charge in [0.25, 0.3) is 5.91 Å². The van der Waals surface area contributed by atoms with Gasteiger partial charge >= 0.3 is 0 Å². The van der Waals surface area contributed by atoms with E-state index in [0.717, 1.165) is 16.3 Å². The minimum Gasteiger partial charge on any atom is -0.378 e. The van der Waals surface area contributed by atoms with Crippen LogP contribution in [0.15, 0.2) is 47.8 Å². The predicted molar refractivity (Wildman–Crippen MR) is 119 cm³/mol. The van der Waals surface area contributed by atoms with E-state index in [9.17, 15) is 9.59 Å². The molecule has 30 heavy (non-hydrogen) atoms. The first-order chi connectivity index (χ1) is 14.4. The molecule has 1 aliphatic rings. The van der Waals surface area contributed by atoms with E-state index in [1.807, 2.05) is 67.7 Å². The van der Waals surface area contributed by atoms with Crippen LogP contribution in [-0.2, 0) is 4.79 Å². The minimum atomic E-state index is -0.543. The molecule has 3 aromatic rings. The maximum absolute atomic E-state index is 13.0. The van der Waals surface area contributed by atoms with Crippen LogP contribution in [0.2, 0.25) is 0 Å². The average molecular weight is 425 g/mol. The Bertz CT molecular complexity index is 1060. The highest BCUT2D eigenvalue weighted by Gasteiger charge is 2.27. The van der Waals surface area contributed by atoms with Gasteiger partial charge in [-0.2, -0.15) is 5.10 Å². The van der Waals surface area contributed by atoms with Crippen molar-refractivity contribution in [3.63, 3.8) is 0 Å². The van der Waals surface area contributed by atoms with Gasteiger partial charge in [0.2, 0.25) is 5.91 Å². The Kier molecular flexibility index (Phi) is 5.56. The number of hydrogen-bond acceptors (Lipinski definition) is 6. The molecule has 2 amide bonds. The second-order valence-corrected chi connectivity index (χ2v) is 8.43. The highest BCUT2D eigenvalue weighted by Crippen LogP contribution is 2.28. The molecule has 0 saturated carbocycles. The molecule has 9 heteroatoms. The molecule has 2 unspecified atom stereocenters. The first-order valence-corrected chi connectivity index (χ1v) is 10.6. The van der Waals surface area contributed by atoms with Gasteiger partial charge in [0, 0.05) is 43.9 Å². The predicted octanol–water partition coefficient (Wildman–Crippen LogP) is 2.88. The first kappa shape index (κ1) is 20.1. The Morgan fingerprint density at radius 2 is 2.10 bits per heavy atom. The topological polar surface area (TPSA) is 91.3 Å². The lowest BCUT2D eigenvalue weighted by atomic mass is 10.2. The molecule has 1 fully saturated rings. The molecule has 0 bridgehead atoms. The zero-order valence-corrected chi connectivity index (χ0v) is 17.9. The van der Waals surface area contributed by atoms with Crippen LogP contribution in [0.5, 0.6) is 0 Å². The van der Waals surface area contributed by atoms with Crippen LogP contribution in [0, 0.1) is 0 Å². The second kappa shape index (κ2) is 8.29. The number of anilines is 2. The lowest BCUT2D eigenvalue weighted by Gasteiger charge is -2.30.